The number of hydrogen-bond acceptors (Lipinski definition) is 1. The molecule has 0 bridgehead atoms. The summed E-state index contributed by atoms with van der Waals surface area (Å²) in [6.45, 7) is 3.95. The molecule has 1 aromatic heterocycles. The fraction of sp³-hybridized carbons (Fsp3) is 0.667. The number of aryl methyl sites for hydroxylation is 2. The van der Waals surface area contributed by atoms with Crippen molar-refractivity contribution in [2.75, 3.05) is 0 Å². The van der Waals surface area contributed by atoms with Crippen molar-refractivity contribution >= 4 is 15.9 Å². The van der Waals surface area contributed by atoms with Gasteiger partial charge in [-0.3, -0.25) is 4.68 Å². The Morgan fingerprint density at radius 1 is 1.33 bits per heavy atom. The van der Waals surface area contributed by atoms with Crippen molar-refractivity contribution in [1.29, 1.82) is 0 Å². The Morgan fingerprint density at radius 3 is 2.33 bits per heavy atom. The predicted octanol–water partition coefficient (Wildman–Crippen LogP) is 3.60. The van der Waals surface area contributed by atoms with Crippen molar-refractivity contribution in [1.82, 2.24) is 9.78 Å². The largest absolute Gasteiger partial charge is 0.389 e. The highest BCUT2D eigenvalue weighted by Crippen LogP contribution is 2.23. The molecule has 0 aliphatic rings. The molecular formula is C9H12BrF3N2. The molecule has 0 radical (unpaired) electrons. The van der Waals surface area contributed by atoms with E-state index in [1.165, 1.54) is 0 Å². The number of alkyl halides is 3. The maximum Gasteiger partial charge on any atom is 0.389 e. The van der Waals surface area contributed by atoms with E-state index in [1.54, 1.807) is 4.68 Å². The average molecular weight is 285 g/mol. The number of hydrogen-bond donors (Lipinski definition) is 0. The van der Waals surface area contributed by atoms with Gasteiger partial charge < -0.3 is 0 Å². The second kappa shape index (κ2) is 4.55. The normalized spacial score (nSPS) is 12.1. The van der Waals surface area contributed by atoms with E-state index >= 15 is 0 Å². The number of halogens is 4. The van der Waals surface area contributed by atoms with Crippen LogP contribution in [0.4, 0.5) is 13.2 Å². The smallest absolute Gasteiger partial charge is 0.268 e. The number of rotatable bonds is 3. The van der Waals surface area contributed by atoms with Crippen molar-refractivity contribution in [2.24, 2.45) is 0 Å². The zero-order valence-electron chi connectivity index (χ0n) is 8.53. The molecule has 0 unspecified atom stereocenters. The molecular weight excluding hydrogens is 273 g/mol. The van der Waals surface area contributed by atoms with Crippen LogP contribution in [0.2, 0.25) is 0 Å². The van der Waals surface area contributed by atoms with Crippen molar-refractivity contribution in [2.45, 2.75) is 39.4 Å². The van der Waals surface area contributed by atoms with Crippen LogP contribution in [0.3, 0.4) is 0 Å². The Kier molecular flexibility index (Phi) is 3.81. The molecule has 0 saturated heterocycles. The van der Waals surface area contributed by atoms with Crippen molar-refractivity contribution < 1.29 is 13.2 Å². The lowest BCUT2D eigenvalue weighted by Crippen LogP contribution is -2.10. The summed E-state index contributed by atoms with van der Waals surface area (Å²) in [5.41, 5.74) is 1.68. The quantitative estimate of drug-likeness (QED) is 0.829. The Morgan fingerprint density at radius 2 is 1.93 bits per heavy atom. The molecule has 1 rings (SSSR count). The molecule has 0 saturated carbocycles. The van der Waals surface area contributed by atoms with Crippen molar-refractivity contribution in [3.63, 3.8) is 0 Å². The molecule has 1 heterocycles. The standard InChI is InChI=1S/C9H12BrF3N2/c1-6-8(10)7(2)15(14-6)5-3-4-9(11,12)13/h3-5H2,1-2H3. The molecule has 86 valence electrons. The molecule has 0 amide bonds. The lowest BCUT2D eigenvalue weighted by molar-refractivity contribution is -0.136. The molecule has 6 heteroatoms. The Balaban J connectivity index is 2.55. The first-order chi connectivity index (χ1) is 6.81. The highest BCUT2D eigenvalue weighted by Gasteiger charge is 2.26. The van der Waals surface area contributed by atoms with Crippen molar-refractivity contribution in [3.05, 3.63) is 15.9 Å². The van der Waals surface area contributed by atoms with Gasteiger partial charge in [-0.05, 0) is 36.2 Å². The van der Waals surface area contributed by atoms with Gasteiger partial charge in [-0.1, -0.05) is 0 Å². The maximum atomic E-state index is 11.9. The molecule has 0 aliphatic carbocycles. The molecule has 0 aliphatic heterocycles. The van der Waals surface area contributed by atoms with Crippen LogP contribution in [-0.4, -0.2) is 16.0 Å². The Bertz CT molecular complexity index is 344. The lowest BCUT2D eigenvalue weighted by atomic mass is 10.3. The van der Waals surface area contributed by atoms with E-state index in [-0.39, 0.29) is 6.42 Å². The zero-order valence-corrected chi connectivity index (χ0v) is 10.1. The SMILES string of the molecule is Cc1nn(CCCC(F)(F)F)c(C)c1Br. The third-order valence-electron chi connectivity index (χ3n) is 2.12. The van der Waals surface area contributed by atoms with Gasteiger partial charge in [0.25, 0.3) is 0 Å². The van der Waals surface area contributed by atoms with E-state index < -0.39 is 12.6 Å². The van der Waals surface area contributed by atoms with E-state index in [4.69, 9.17) is 0 Å². The lowest BCUT2D eigenvalue weighted by Gasteiger charge is -2.07. The maximum absolute atomic E-state index is 11.9. The van der Waals surface area contributed by atoms with E-state index in [0.29, 0.717) is 6.54 Å². The van der Waals surface area contributed by atoms with Gasteiger partial charge in [-0.25, -0.2) is 0 Å². The molecule has 0 fully saturated rings. The molecule has 2 nitrogen and oxygen atoms in total. The summed E-state index contributed by atoms with van der Waals surface area (Å²) in [5.74, 6) is 0. The minimum Gasteiger partial charge on any atom is -0.268 e. The summed E-state index contributed by atoms with van der Waals surface area (Å²) in [7, 11) is 0. The van der Waals surface area contributed by atoms with E-state index in [9.17, 15) is 13.2 Å². The molecule has 0 atom stereocenters. The monoisotopic (exact) mass is 284 g/mol. The minimum absolute atomic E-state index is 0.0674. The van der Waals surface area contributed by atoms with Gasteiger partial charge in [0.2, 0.25) is 0 Å². The summed E-state index contributed by atoms with van der Waals surface area (Å²) in [4.78, 5) is 0. The number of nitrogens with zero attached hydrogens (tertiary/aromatic N) is 2. The Hall–Kier alpha value is -0.520. The van der Waals surface area contributed by atoms with Gasteiger partial charge in [-0.2, -0.15) is 18.3 Å². The van der Waals surface area contributed by atoms with Gasteiger partial charge in [0, 0.05) is 18.7 Å². The average Bonchev–Trinajstić information content (AvgIpc) is 2.32. The highest BCUT2D eigenvalue weighted by molar-refractivity contribution is 9.10. The minimum atomic E-state index is -4.08. The van der Waals surface area contributed by atoms with Crippen LogP contribution in [0.25, 0.3) is 0 Å². The predicted molar refractivity (Wildman–Crippen MR) is 54.7 cm³/mol. The van der Waals surface area contributed by atoms with E-state index in [1.807, 2.05) is 13.8 Å². The first kappa shape index (κ1) is 12.5. The van der Waals surface area contributed by atoms with Crippen LogP contribution < -0.4 is 0 Å². The summed E-state index contributed by atoms with van der Waals surface area (Å²) in [6.07, 6.45) is -4.77. The second-order valence-corrected chi connectivity index (χ2v) is 4.22. The fourth-order valence-corrected chi connectivity index (χ4v) is 1.61. The van der Waals surface area contributed by atoms with Crippen molar-refractivity contribution in [3.8, 4) is 0 Å². The fourth-order valence-electron chi connectivity index (χ4n) is 1.32. The molecule has 0 N–H and O–H groups in total. The summed E-state index contributed by atoms with van der Waals surface area (Å²) < 4.78 is 38.2. The van der Waals surface area contributed by atoms with Crippen LogP contribution >= 0.6 is 15.9 Å². The van der Waals surface area contributed by atoms with Crippen LogP contribution in [0, 0.1) is 13.8 Å². The summed E-state index contributed by atoms with van der Waals surface area (Å²) in [5, 5.41) is 4.13. The topological polar surface area (TPSA) is 17.8 Å². The van der Waals surface area contributed by atoms with Crippen LogP contribution in [0.15, 0.2) is 4.47 Å². The summed E-state index contributed by atoms with van der Waals surface area (Å²) >= 11 is 3.33. The van der Waals surface area contributed by atoms with Gasteiger partial charge in [-0.15, -0.1) is 0 Å². The Labute approximate surface area is 94.6 Å². The molecule has 1 aromatic rings. The van der Waals surface area contributed by atoms with Gasteiger partial charge in [0.15, 0.2) is 0 Å². The van der Waals surface area contributed by atoms with E-state index in [2.05, 4.69) is 21.0 Å². The third-order valence-corrected chi connectivity index (χ3v) is 3.27. The first-order valence-electron chi connectivity index (χ1n) is 4.57. The zero-order chi connectivity index (χ0) is 11.6. The van der Waals surface area contributed by atoms with E-state index in [0.717, 1.165) is 15.9 Å². The summed E-state index contributed by atoms with van der Waals surface area (Å²) in [6, 6.07) is 0. The molecule has 15 heavy (non-hydrogen) atoms. The second-order valence-electron chi connectivity index (χ2n) is 3.43. The first-order valence-corrected chi connectivity index (χ1v) is 5.37. The van der Waals surface area contributed by atoms with Crippen LogP contribution in [0.1, 0.15) is 24.2 Å². The molecule has 0 aromatic carbocycles. The van der Waals surface area contributed by atoms with Gasteiger partial charge in [0.1, 0.15) is 0 Å². The third kappa shape index (κ3) is 3.52. The van der Waals surface area contributed by atoms with Gasteiger partial charge in [0.05, 0.1) is 10.2 Å². The van der Waals surface area contributed by atoms with Gasteiger partial charge >= 0.3 is 6.18 Å². The highest BCUT2D eigenvalue weighted by atomic mass is 79.9. The number of aromatic nitrogens is 2. The van der Waals surface area contributed by atoms with Crippen LogP contribution in [-0.2, 0) is 6.54 Å². The molecule has 0 spiro atoms. The van der Waals surface area contributed by atoms with Crippen LogP contribution in [0.5, 0.6) is 0 Å².